The van der Waals surface area contributed by atoms with Crippen molar-refractivity contribution in [3.05, 3.63) is 58.9 Å². The van der Waals surface area contributed by atoms with Crippen LogP contribution >= 0.6 is 0 Å². The summed E-state index contributed by atoms with van der Waals surface area (Å²) in [5.41, 5.74) is 2.80. The molecule has 6 rings (SSSR count). The second-order valence-corrected chi connectivity index (χ2v) is 11.0. The van der Waals surface area contributed by atoms with E-state index in [1.165, 1.54) is 36.8 Å². The average molecular weight is 501 g/mol. The summed E-state index contributed by atoms with van der Waals surface area (Å²) in [7, 11) is 1.70. The van der Waals surface area contributed by atoms with Gasteiger partial charge in [0.05, 0.1) is 18.2 Å². The average Bonchev–Trinajstić information content (AvgIpc) is 3.16. The van der Waals surface area contributed by atoms with Crippen molar-refractivity contribution < 1.29 is 14.2 Å². The summed E-state index contributed by atoms with van der Waals surface area (Å²) < 4.78 is 16.9. The molecule has 4 aliphatic heterocycles. The molecule has 1 aromatic carbocycles. The number of aliphatic imine (C=N–C) groups is 1. The molecule has 0 radical (unpaired) electrons. The van der Waals surface area contributed by atoms with Crippen molar-refractivity contribution in [2.24, 2.45) is 10.9 Å². The highest BCUT2D eigenvalue weighted by Gasteiger charge is 2.42. The first-order valence-corrected chi connectivity index (χ1v) is 13.6. The topological polar surface area (TPSA) is 79.1 Å². The van der Waals surface area contributed by atoms with E-state index in [9.17, 15) is 5.26 Å². The van der Waals surface area contributed by atoms with Crippen LogP contribution in [-0.2, 0) is 11.3 Å². The van der Waals surface area contributed by atoms with E-state index in [4.69, 9.17) is 19.2 Å². The number of benzene rings is 1. The van der Waals surface area contributed by atoms with Gasteiger partial charge in [0.15, 0.2) is 11.5 Å². The predicted octanol–water partition coefficient (Wildman–Crippen LogP) is 4.31. The number of ether oxygens (including phenoxy) is 3. The third kappa shape index (κ3) is 4.69. The fourth-order valence-electron chi connectivity index (χ4n) is 6.82. The van der Waals surface area contributed by atoms with Gasteiger partial charge in [-0.05, 0) is 74.4 Å². The van der Waals surface area contributed by atoms with Crippen LogP contribution in [0.3, 0.4) is 0 Å². The number of hydrogen-bond donors (Lipinski definition) is 1. The highest BCUT2D eigenvalue weighted by Crippen LogP contribution is 2.42. The molecule has 5 aliphatic rings. The highest BCUT2D eigenvalue weighted by atomic mass is 16.6. The van der Waals surface area contributed by atoms with Gasteiger partial charge in [-0.2, -0.15) is 5.26 Å². The normalized spacial score (nSPS) is 32.1. The number of nitriles is 1. The molecule has 0 aromatic heterocycles. The third-order valence-corrected chi connectivity index (χ3v) is 8.82. The first-order chi connectivity index (χ1) is 18.1. The molecule has 1 aliphatic carbocycles. The van der Waals surface area contributed by atoms with Crippen LogP contribution in [0.5, 0.6) is 11.5 Å². The molecule has 2 fully saturated rings. The quantitative estimate of drug-likeness (QED) is 0.601. The van der Waals surface area contributed by atoms with Gasteiger partial charge in [0.1, 0.15) is 25.0 Å². The Labute approximate surface area is 219 Å². The van der Waals surface area contributed by atoms with Gasteiger partial charge >= 0.3 is 0 Å². The van der Waals surface area contributed by atoms with E-state index < -0.39 is 0 Å². The standard InChI is InChI=1S/C30H36N4O3/c1-30-9-7-25(35-2)16-27(30)26(21(17-31)19-33-30)8-10-34-23-4-5-24(34)15-22(14-23)32-18-20-3-6-28-29(13-20)37-12-11-36-28/h3,6-7,9,13,16,19,22-24,27,32H,4-5,8,10-12,14-15,18H2,1-2H3. The maximum absolute atomic E-state index is 9.86. The van der Waals surface area contributed by atoms with E-state index in [1.54, 1.807) is 13.3 Å². The molecule has 2 saturated heterocycles. The molecule has 0 spiro atoms. The van der Waals surface area contributed by atoms with Crippen LogP contribution < -0.4 is 14.8 Å². The smallest absolute Gasteiger partial charge is 0.161 e. The van der Waals surface area contributed by atoms with Gasteiger partial charge in [-0.15, -0.1) is 0 Å². The van der Waals surface area contributed by atoms with Gasteiger partial charge in [0.2, 0.25) is 0 Å². The first-order valence-electron chi connectivity index (χ1n) is 13.6. The number of nitrogens with zero attached hydrogens (tertiary/aromatic N) is 3. The first kappa shape index (κ1) is 24.3. The number of piperidine rings is 1. The summed E-state index contributed by atoms with van der Waals surface area (Å²) in [5.74, 6) is 2.62. The minimum absolute atomic E-state index is 0.0648. The molecule has 0 amide bonds. The molecule has 7 heteroatoms. The molecule has 1 N–H and O–H groups in total. The summed E-state index contributed by atoms with van der Waals surface area (Å²) in [6.07, 6.45) is 13.8. The fraction of sp³-hybridized carbons (Fsp3) is 0.533. The number of allylic oxidation sites excluding steroid dienone is 2. The number of methoxy groups -OCH3 is 1. The van der Waals surface area contributed by atoms with Crippen molar-refractivity contribution in [3.63, 3.8) is 0 Å². The maximum Gasteiger partial charge on any atom is 0.161 e. The molecule has 1 aromatic rings. The van der Waals surface area contributed by atoms with Crippen molar-refractivity contribution in [1.82, 2.24) is 10.2 Å². The van der Waals surface area contributed by atoms with Crippen LogP contribution in [0.25, 0.3) is 0 Å². The van der Waals surface area contributed by atoms with Crippen LogP contribution in [0.4, 0.5) is 0 Å². The van der Waals surface area contributed by atoms with Crippen molar-refractivity contribution in [1.29, 1.82) is 5.26 Å². The van der Waals surface area contributed by atoms with Gasteiger partial charge < -0.3 is 19.5 Å². The van der Waals surface area contributed by atoms with Crippen molar-refractivity contribution in [2.45, 2.75) is 69.2 Å². The minimum atomic E-state index is -0.346. The Bertz CT molecular complexity index is 1200. The molecule has 194 valence electrons. The molecular formula is C30H36N4O3. The molecular weight excluding hydrogens is 464 g/mol. The highest BCUT2D eigenvalue weighted by molar-refractivity contribution is 5.87. The zero-order chi connectivity index (χ0) is 25.4. The van der Waals surface area contributed by atoms with Gasteiger partial charge in [-0.25, -0.2) is 0 Å². The van der Waals surface area contributed by atoms with Crippen LogP contribution in [0.1, 0.15) is 44.6 Å². The Morgan fingerprint density at radius 3 is 2.73 bits per heavy atom. The summed E-state index contributed by atoms with van der Waals surface area (Å²) in [6, 6.07) is 10.4. The summed E-state index contributed by atoms with van der Waals surface area (Å²) >= 11 is 0. The zero-order valence-corrected chi connectivity index (χ0v) is 21.8. The predicted molar refractivity (Wildman–Crippen MR) is 143 cm³/mol. The summed E-state index contributed by atoms with van der Waals surface area (Å²) in [5, 5.41) is 13.7. The minimum Gasteiger partial charge on any atom is -0.497 e. The Balaban J connectivity index is 1.08. The number of dihydropyridines is 1. The van der Waals surface area contributed by atoms with Crippen molar-refractivity contribution in [3.8, 4) is 17.6 Å². The van der Waals surface area contributed by atoms with Crippen molar-refractivity contribution >= 4 is 6.21 Å². The van der Waals surface area contributed by atoms with E-state index >= 15 is 0 Å². The number of fused-ring (bicyclic) bond motifs is 4. The fourth-order valence-corrected chi connectivity index (χ4v) is 6.82. The van der Waals surface area contributed by atoms with Crippen LogP contribution in [0.15, 0.2) is 58.3 Å². The van der Waals surface area contributed by atoms with Crippen LogP contribution in [-0.4, -0.2) is 61.6 Å². The molecule has 4 heterocycles. The van der Waals surface area contributed by atoms with Gasteiger partial charge in [0, 0.05) is 43.3 Å². The van der Waals surface area contributed by atoms with Crippen LogP contribution in [0.2, 0.25) is 0 Å². The number of hydrogen-bond acceptors (Lipinski definition) is 7. The lowest BCUT2D eigenvalue weighted by atomic mass is 9.73. The van der Waals surface area contributed by atoms with Gasteiger partial charge in [-0.3, -0.25) is 9.89 Å². The molecule has 2 bridgehead atoms. The second-order valence-electron chi connectivity index (χ2n) is 11.0. The Morgan fingerprint density at radius 1 is 1.19 bits per heavy atom. The number of rotatable bonds is 7. The molecule has 0 saturated carbocycles. The largest absolute Gasteiger partial charge is 0.497 e. The summed E-state index contributed by atoms with van der Waals surface area (Å²) in [4.78, 5) is 7.46. The molecule has 4 atom stereocenters. The Hall–Kier alpha value is -3.08. The Kier molecular flexibility index (Phi) is 6.56. The van der Waals surface area contributed by atoms with E-state index in [-0.39, 0.29) is 11.5 Å². The van der Waals surface area contributed by atoms with Gasteiger partial charge in [0.25, 0.3) is 0 Å². The lowest BCUT2D eigenvalue weighted by Crippen LogP contribution is -2.49. The van der Waals surface area contributed by atoms with E-state index in [0.717, 1.165) is 36.8 Å². The van der Waals surface area contributed by atoms with Crippen LogP contribution in [0, 0.1) is 17.2 Å². The third-order valence-electron chi connectivity index (χ3n) is 8.82. The van der Waals surface area contributed by atoms with Gasteiger partial charge in [-0.1, -0.05) is 12.1 Å². The lowest BCUT2D eigenvalue weighted by Gasteiger charge is -2.41. The SMILES string of the molecule is COC1=CC2C(CCN3C4CCC3CC(NCc3ccc5c(c3)OCCO5)C4)=C(C#N)C=NC2(C)C=C1. The van der Waals surface area contributed by atoms with E-state index in [1.807, 2.05) is 12.1 Å². The lowest BCUT2D eigenvalue weighted by molar-refractivity contribution is 0.116. The molecule has 4 unspecified atom stereocenters. The number of nitrogens with one attached hydrogen (secondary N) is 1. The zero-order valence-electron chi connectivity index (χ0n) is 21.8. The molecule has 37 heavy (non-hydrogen) atoms. The van der Waals surface area contributed by atoms with Crippen molar-refractivity contribution in [2.75, 3.05) is 26.9 Å². The van der Waals surface area contributed by atoms with E-state index in [0.29, 0.717) is 36.9 Å². The molecule has 7 nitrogen and oxygen atoms in total. The maximum atomic E-state index is 9.86. The second kappa shape index (κ2) is 10.00. The summed E-state index contributed by atoms with van der Waals surface area (Å²) in [6.45, 7) is 5.22. The Morgan fingerprint density at radius 2 is 1.97 bits per heavy atom. The van der Waals surface area contributed by atoms with E-state index in [2.05, 4.69) is 47.5 Å². The monoisotopic (exact) mass is 500 g/mol.